The van der Waals surface area contributed by atoms with E-state index in [4.69, 9.17) is 0 Å². The van der Waals surface area contributed by atoms with Crippen LogP contribution in [0.4, 0.5) is 0 Å². The zero-order chi connectivity index (χ0) is 20.1. The molecule has 1 aromatic heterocycles. The highest BCUT2D eigenvalue weighted by Gasteiger charge is 2.15. The van der Waals surface area contributed by atoms with E-state index in [2.05, 4.69) is 18.9 Å². The lowest BCUT2D eigenvalue weighted by Gasteiger charge is -2.19. The molecule has 2 aromatic carbocycles. The zero-order valence-electron chi connectivity index (χ0n) is 16.7. The molecule has 1 N–H and O–H groups in total. The normalized spacial score (nSPS) is 12.0. The monoisotopic (exact) mass is 377 g/mol. The van der Waals surface area contributed by atoms with Crippen LogP contribution in [0.25, 0.3) is 11.1 Å². The van der Waals surface area contributed by atoms with Gasteiger partial charge in [0, 0.05) is 37.0 Å². The Morgan fingerprint density at radius 1 is 1.14 bits per heavy atom. The Morgan fingerprint density at radius 2 is 1.82 bits per heavy atom. The van der Waals surface area contributed by atoms with Gasteiger partial charge in [-0.05, 0) is 43.5 Å². The van der Waals surface area contributed by atoms with Gasteiger partial charge in [0.15, 0.2) is 0 Å². The fraction of sp³-hybridized carbons (Fsp3) is 0.304. The van der Waals surface area contributed by atoms with Crippen molar-refractivity contribution in [3.05, 3.63) is 77.6 Å². The minimum atomic E-state index is -0.572. The van der Waals surface area contributed by atoms with Gasteiger partial charge >= 0.3 is 0 Å². The van der Waals surface area contributed by atoms with Crippen molar-refractivity contribution in [3.63, 3.8) is 0 Å². The number of hydrogen-bond donors (Lipinski definition) is 1. The van der Waals surface area contributed by atoms with Crippen LogP contribution in [-0.2, 0) is 6.54 Å². The summed E-state index contributed by atoms with van der Waals surface area (Å²) in [6, 6.07) is 17.1. The van der Waals surface area contributed by atoms with Crippen LogP contribution < -0.4 is 0 Å². The Hall–Kier alpha value is -2.92. The molecule has 0 aliphatic heterocycles. The van der Waals surface area contributed by atoms with E-state index in [0.29, 0.717) is 18.5 Å². The Bertz CT molecular complexity index is 917. The predicted molar refractivity (Wildman–Crippen MR) is 111 cm³/mol. The lowest BCUT2D eigenvalue weighted by Crippen LogP contribution is -2.28. The number of aliphatic hydroxyl groups is 1. The molecule has 0 fully saturated rings. The summed E-state index contributed by atoms with van der Waals surface area (Å²) >= 11 is 0. The maximum atomic E-state index is 12.7. The van der Waals surface area contributed by atoms with Crippen LogP contribution in [0, 0.1) is 6.92 Å². The van der Waals surface area contributed by atoms with Crippen LogP contribution in [-0.4, -0.2) is 39.3 Å². The van der Waals surface area contributed by atoms with Gasteiger partial charge in [-0.15, -0.1) is 0 Å². The number of nitrogens with zero attached hydrogens (tertiary/aromatic N) is 3. The van der Waals surface area contributed by atoms with Crippen molar-refractivity contribution in [3.8, 4) is 11.1 Å². The number of amides is 1. The van der Waals surface area contributed by atoms with Crippen molar-refractivity contribution >= 4 is 5.91 Å². The molecule has 5 nitrogen and oxygen atoms in total. The predicted octanol–water partition coefficient (Wildman–Crippen LogP) is 4.07. The Morgan fingerprint density at radius 3 is 2.43 bits per heavy atom. The maximum absolute atomic E-state index is 12.7. The summed E-state index contributed by atoms with van der Waals surface area (Å²) in [6.45, 7) is 5.44. The summed E-state index contributed by atoms with van der Waals surface area (Å²) < 4.78 is 1.96. The van der Waals surface area contributed by atoms with Gasteiger partial charge in [0.05, 0.1) is 12.3 Å². The Labute approximate surface area is 166 Å². The maximum Gasteiger partial charge on any atom is 0.253 e. The van der Waals surface area contributed by atoms with Crippen molar-refractivity contribution < 1.29 is 9.90 Å². The van der Waals surface area contributed by atoms with Gasteiger partial charge in [-0.2, -0.15) is 5.10 Å². The zero-order valence-corrected chi connectivity index (χ0v) is 16.7. The summed E-state index contributed by atoms with van der Waals surface area (Å²) in [5.41, 5.74) is 4.77. The third-order valence-electron chi connectivity index (χ3n) is 5.11. The lowest BCUT2D eigenvalue weighted by molar-refractivity contribution is 0.0761. The number of aryl methyl sites for hydroxylation is 1. The topological polar surface area (TPSA) is 58.4 Å². The Kier molecular flexibility index (Phi) is 6.26. The van der Waals surface area contributed by atoms with Crippen LogP contribution in [0.1, 0.15) is 41.1 Å². The fourth-order valence-corrected chi connectivity index (χ4v) is 3.32. The summed E-state index contributed by atoms with van der Waals surface area (Å²) in [5.74, 6) is -0.0483. The van der Waals surface area contributed by atoms with E-state index in [1.165, 1.54) is 0 Å². The molecule has 146 valence electrons. The average Bonchev–Trinajstić information content (AvgIpc) is 3.12. The van der Waals surface area contributed by atoms with Crippen molar-refractivity contribution in [1.29, 1.82) is 0 Å². The highest BCUT2D eigenvalue weighted by molar-refractivity contribution is 5.94. The third-order valence-corrected chi connectivity index (χ3v) is 5.11. The molecule has 3 rings (SSSR count). The van der Waals surface area contributed by atoms with E-state index in [1.807, 2.05) is 65.5 Å². The van der Waals surface area contributed by atoms with Crippen molar-refractivity contribution in [2.24, 2.45) is 0 Å². The number of carbonyl (C=O) groups is 1. The lowest BCUT2D eigenvalue weighted by atomic mass is 10.0. The first-order valence-corrected chi connectivity index (χ1v) is 9.62. The Balaban J connectivity index is 1.63. The molecule has 0 aliphatic rings. The second kappa shape index (κ2) is 8.85. The molecule has 0 saturated carbocycles. The van der Waals surface area contributed by atoms with Crippen LogP contribution in [0.15, 0.2) is 60.8 Å². The van der Waals surface area contributed by atoms with E-state index in [-0.39, 0.29) is 5.91 Å². The van der Waals surface area contributed by atoms with Crippen LogP contribution in [0.3, 0.4) is 0 Å². The molecule has 5 heteroatoms. The second-order valence-electron chi connectivity index (χ2n) is 6.98. The van der Waals surface area contributed by atoms with Gasteiger partial charge in [-0.1, -0.05) is 42.5 Å². The SMILES string of the molecule is CCn1ncc(-c2ccc(C(=O)N(C)CC[C@H](O)c3ccccc3)cc2)c1C. The first-order chi connectivity index (χ1) is 13.5. The minimum absolute atomic E-state index is 0.0483. The summed E-state index contributed by atoms with van der Waals surface area (Å²) in [4.78, 5) is 14.3. The van der Waals surface area contributed by atoms with Crippen molar-refractivity contribution in [1.82, 2.24) is 14.7 Å². The highest BCUT2D eigenvalue weighted by Crippen LogP contribution is 2.24. The summed E-state index contributed by atoms with van der Waals surface area (Å²) in [5, 5.41) is 14.7. The van der Waals surface area contributed by atoms with Gasteiger partial charge in [-0.25, -0.2) is 0 Å². The number of rotatable bonds is 7. The third kappa shape index (κ3) is 4.31. The molecule has 1 heterocycles. The standard InChI is InChI=1S/C23H27N3O2/c1-4-26-17(2)21(16-24-26)18-10-12-20(13-11-18)23(28)25(3)15-14-22(27)19-8-6-5-7-9-19/h5-13,16,22,27H,4,14-15H2,1-3H3/t22-/m0/s1. The van der Waals surface area contributed by atoms with Crippen LogP contribution >= 0.6 is 0 Å². The molecule has 1 atom stereocenters. The molecular weight excluding hydrogens is 350 g/mol. The smallest absolute Gasteiger partial charge is 0.253 e. The van der Waals surface area contributed by atoms with Crippen LogP contribution in [0.2, 0.25) is 0 Å². The number of carbonyl (C=O) groups excluding carboxylic acids is 1. The van der Waals surface area contributed by atoms with Crippen LogP contribution in [0.5, 0.6) is 0 Å². The highest BCUT2D eigenvalue weighted by atomic mass is 16.3. The molecular formula is C23H27N3O2. The quantitative estimate of drug-likeness (QED) is 0.675. The first kappa shape index (κ1) is 19.8. The molecule has 1 amide bonds. The van der Waals surface area contributed by atoms with E-state index in [0.717, 1.165) is 28.9 Å². The molecule has 0 spiro atoms. The molecule has 3 aromatic rings. The van der Waals surface area contributed by atoms with Gasteiger partial charge < -0.3 is 10.0 Å². The average molecular weight is 377 g/mol. The molecule has 28 heavy (non-hydrogen) atoms. The summed E-state index contributed by atoms with van der Waals surface area (Å²) in [6.07, 6.45) is 1.80. The number of benzene rings is 2. The number of aliphatic hydroxyl groups excluding tert-OH is 1. The van der Waals surface area contributed by atoms with E-state index < -0.39 is 6.10 Å². The van der Waals surface area contributed by atoms with E-state index in [9.17, 15) is 9.90 Å². The van der Waals surface area contributed by atoms with Gasteiger partial charge in [0.2, 0.25) is 0 Å². The van der Waals surface area contributed by atoms with E-state index >= 15 is 0 Å². The van der Waals surface area contributed by atoms with Gasteiger partial charge in [0.25, 0.3) is 5.91 Å². The minimum Gasteiger partial charge on any atom is -0.388 e. The van der Waals surface area contributed by atoms with Crippen molar-refractivity contribution in [2.75, 3.05) is 13.6 Å². The molecule has 0 radical (unpaired) electrons. The molecule has 0 unspecified atom stereocenters. The first-order valence-electron chi connectivity index (χ1n) is 9.62. The molecule has 0 aliphatic carbocycles. The van der Waals surface area contributed by atoms with Crippen molar-refractivity contribution in [2.45, 2.75) is 32.9 Å². The van der Waals surface area contributed by atoms with Gasteiger partial charge in [0.1, 0.15) is 0 Å². The largest absolute Gasteiger partial charge is 0.388 e. The molecule has 0 bridgehead atoms. The van der Waals surface area contributed by atoms with Gasteiger partial charge in [-0.3, -0.25) is 9.48 Å². The number of aromatic nitrogens is 2. The van der Waals surface area contributed by atoms with E-state index in [1.54, 1.807) is 11.9 Å². The summed E-state index contributed by atoms with van der Waals surface area (Å²) in [7, 11) is 1.77. The number of hydrogen-bond acceptors (Lipinski definition) is 3. The molecule has 0 saturated heterocycles. The fourth-order valence-electron chi connectivity index (χ4n) is 3.32. The second-order valence-corrected chi connectivity index (χ2v) is 6.98.